The number of thiocarbonyl (C=S) groups is 1. The van der Waals surface area contributed by atoms with Gasteiger partial charge in [-0.05, 0) is 38.6 Å². The van der Waals surface area contributed by atoms with E-state index in [1.165, 1.54) is 12.1 Å². The highest BCUT2D eigenvalue weighted by atomic mass is 32.1. The quantitative estimate of drug-likeness (QED) is 0.799. The van der Waals surface area contributed by atoms with Crippen molar-refractivity contribution in [1.82, 2.24) is 4.90 Å². The zero-order chi connectivity index (χ0) is 13.9. The van der Waals surface area contributed by atoms with E-state index in [0.717, 1.165) is 5.56 Å². The number of nitrogens with zero attached hydrogens (tertiary/aromatic N) is 1. The van der Waals surface area contributed by atoms with Gasteiger partial charge in [-0.25, -0.2) is 4.39 Å². The van der Waals surface area contributed by atoms with Gasteiger partial charge in [-0.3, -0.25) is 4.90 Å². The predicted molar refractivity (Wildman–Crippen MR) is 74.9 cm³/mol. The molecule has 0 aliphatic rings. The molecule has 3 nitrogen and oxygen atoms in total. The predicted octanol–water partition coefficient (Wildman–Crippen LogP) is 1.66. The molecule has 100 valence electrons. The minimum atomic E-state index is -0.780. The van der Waals surface area contributed by atoms with E-state index < -0.39 is 5.60 Å². The molecule has 0 saturated carbocycles. The van der Waals surface area contributed by atoms with E-state index in [9.17, 15) is 9.50 Å². The average molecular weight is 270 g/mol. The number of hydrogen-bond donors (Lipinski definition) is 2. The molecule has 1 aromatic rings. The number of benzene rings is 1. The Kier molecular flexibility index (Phi) is 4.78. The molecule has 18 heavy (non-hydrogen) atoms. The lowest BCUT2D eigenvalue weighted by molar-refractivity contribution is 0.0424. The molecule has 0 aliphatic carbocycles. The normalized spacial score (nSPS) is 11.9. The fourth-order valence-electron chi connectivity index (χ4n) is 1.92. The minimum Gasteiger partial charge on any atom is -0.389 e. The van der Waals surface area contributed by atoms with Gasteiger partial charge in [-0.1, -0.05) is 18.3 Å². The number of nitrogens with two attached hydrogens (primary N) is 1. The average Bonchev–Trinajstić information content (AvgIpc) is 2.17. The Morgan fingerprint density at radius 3 is 2.61 bits per heavy atom. The second-order valence-electron chi connectivity index (χ2n) is 5.15. The number of halogens is 1. The molecule has 0 saturated heterocycles. The molecule has 0 aliphatic heterocycles. The first-order valence-corrected chi connectivity index (χ1v) is 6.09. The Morgan fingerprint density at radius 1 is 1.50 bits per heavy atom. The van der Waals surface area contributed by atoms with E-state index in [-0.39, 0.29) is 10.8 Å². The van der Waals surface area contributed by atoms with Gasteiger partial charge in [0.1, 0.15) is 10.8 Å². The van der Waals surface area contributed by atoms with Crippen molar-refractivity contribution < 1.29 is 9.50 Å². The van der Waals surface area contributed by atoms with E-state index >= 15 is 0 Å². The van der Waals surface area contributed by atoms with Crippen LogP contribution in [0.5, 0.6) is 0 Å². The molecular formula is C13H19FN2OS. The summed E-state index contributed by atoms with van der Waals surface area (Å²) < 4.78 is 13.1. The summed E-state index contributed by atoms with van der Waals surface area (Å²) in [6.07, 6.45) is 0. The molecule has 0 unspecified atom stereocenters. The molecular weight excluding hydrogens is 251 g/mol. The van der Waals surface area contributed by atoms with Crippen LogP contribution in [0, 0.1) is 5.82 Å². The zero-order valence-electron chi connectivity index (χ0n) is 10.9. The second kappa shape index (κ2) is 5.73. The lowest BCUT2D eigenvalue weighted by Gasteiger charge is -2.26. The lowest BCUT2D eigenvalue weighted by atomic mass is 10.1. The van der Waals surface area contributed by atoms with E-state index in [1.807, 2.05) is 11.9 Å². The summed E-state index contributed by atoms with van der Waals surface area (Å²) in [6, 6.07) is 4.40. The van der Waals surface area contributed by atoms with Crippen LogP contribution in [-0.4, -0.2) is 34.2 Å². The Bertz CT molecular complexity index is 443. The summed E-state index contributed by atoms with van der Waals surface area (Å²) in [4.78, 5) is 2.12. The zero-order valence-corrected chi connectivity index (χ0v) is 11.7. The second-order valence-corrected chi connectivity index (χ2v) is 5.59. The first-order valence-electron chi connectivity index (χ1n) is 5.68. The summed E-state index contributed by atoms with van der Waals surface area (Å²) in [5, 5.41) is 9.74. The number of rotatable bonds is 5. The van der Waals surface area contributed by atoms with E-state index in [4.69, 9.17) is 18.0 Å². The Balaban J connectivity index is 2.87. The molecule has 0 heterocycles. The van der Waals surface area contributed by atoms with Crippen molar-refractivity contribution in [3.8, 4) is 0 Å². The summed E-state index contributed by atoms with van der Waals surface area (Å²) in [7, 11) is 1.88. The standard InChI is InChI=1S/C13H19FN2OS/c1-13(2,17)8-16(3)7-9-4-5-10(14)6-11(9)12(15)18/h4-6,17H,7-8H2,1-3H3,(H2,15,18). The van der Waals surface area contributed by atoms with Crippen molar-refractivity contribution in [3.05, 3.63) is 35.1 Å². The smallest absolute Gasteiger partial charge is 0.123 e. The van der Waals surface area contributed by atoms with Crippen molar-refractivity contribution in [1.29, 1.82) is 0 Å². The van der Waals surface area contributed by atoms with E-state index in [2.05, 4.69) is 0 Å². The molecule has 0 radical (unpaired) electrons. The van der Waals surface area contributed by atoms with Crippen molar-refractivity contribution >= 4 is 17.2 Å². The first-order chi connectivity index (χ1) is 8.19. The Morgan fingerprint density at radius 2 is 2.11 bits per heavy atom. The molecule has 0 aromatic heterocycles. The molecule has 0 fully saturated rings. The number of hydrogen-bond acceptors (Lipinski definition) is 3. The molecule has 1 rings (SSSR count). The van der Waals surface area contributed by atoms with Gasteiger partial charge in [0.15, 0.2) is 0 Å². The van der Waals surface area contributed by atoms with Crippen LogP contribution in [0.2, 0.25) is 0 Å². The van der Waals surface area contributed by atoms with Crippen LogP contribution in [0.1, 0.15) is 25.0 Å². The maximum Gasteiger partial charge on any atom is 0.123 e. The molecule has 3 N–H and O–H groups in total. The topological polar surface area (TPSA) is 49.5 Å². The summed E-state index contributed by atoms with van der Waals surface area (Å²) in [5.74, 6) is -0.355. The highest BCUT2D eigenvalue weighted by Crippen LogP contribution is 2.15. The van der Waals surface area contributed by atoms with Crippen LogP contribution in [-0.2, 0) is 6.54 Å². The third kappa shape index (κ3) is 4.68. The van der Waals surface area contributed by atoms with Crippen molar-refractivity contribution in [2.24, 2.45) is 5.73 Å². The van der Waals surface area contributed by atoms with Gasteiger partial charge in [-0.2, -0.15) is 0 Å². The fraction of sp³-hybridized carbons (Fsp3) is 0.462. The third-order valence-electron chi connectivity index (χ3n) is 2.43. The SMILES string of the molecule is CN(Cc1ccc(F)cc1C(N)=S)CC(C)(C)O. The summed E-state index contributed by atoms with van der Waals surface area (Å²) in [5.41, 5.74) is 6.21. The first kappa shape index (κ1) is 15.0. The minimum absolute atomic E-state index is 0.182. The molecule has 0 bridgehead atoms. The fourth-order valence-corrected chi connectivity index (χ4v) is 2.11. The number of likely N-dealkylation sites (N-methyl/N-ethyl adjacent to an activating group) is 1. The summed E-state index contributed by atoms with van der Waals surface area (Å²) >= 11 is 4.91. The van der Waals surface area contributed by atoms with Crippen LogP contribution in [0.25, 0.3) is 0 Å². The van der Waals surface area contributed by atoms with Crippen LogP contribution >= 0.6 is 12.2 Å². The highest BCUT2D eigenvalue weighted by molar-refractivity contribution is 7.80. The van der Waals surface area contributed by atoms with Gasteiger partial charge in [0.05, 0.1) is 5.60 Å². The van der Waals surface area contributed by atoms with E-state index in [1.54, 1.807) is 19.9 Å². The third-order valence-corrected chi connectivity index (χ3v) is 2.65. The molecule has 0 amide bonds. The maximum absolute atomic E-state index is 13.1. The molecule has 5 heteroatoms. The van der Waals surface area contributed by atoms with Gasteiger partial charge >= 0.3 is 0 Å². The largest absolute Gasteiger partial charge is 0.389 e. The van der Waals surface area contributed by atoms with E-state index in [0.29, 0.717) is 18.7 Å². The van der Waals surface area contributed by atoms with Crippen molar-refractivity contribution in [2.45, 2.75) is 26.0 Å². The Hall–Kier alpha value is -1.04. The van der Waals surface area contributed by atoms with Crippen molar-refractivity contribution in [3.63, 3.8) is 0 Å². The van der Waals surface area contributed by atoms with Crippen LogP contribution < -0.4 is 5.73 Å². The maximum atomic E-state index is 13.1. The van der Waals surface area contributed by atoms with Crippen LogP contribution in [0.4, 0.5) is 4.39 Å². The van der Waals surface area contributed by atoms with Crippen LogP contribution in [0.3, 0.4) is 0 Å². The van der Waals surface area contributed by atoms with Crippen molar-refractivity contribution in [2.75, 3.05) is 13.6 Å². The summed E-state index contributed by atoms with van der Waals surface area (Å²) in [6.45, 7) is 4.53. The monoisotopic (exact) mass is 270 g/mol. The van der Waals surface area contributed by atoms with Gasteiger partial charge in [-0.15, -0.1) is 0 Å². The Labute approximate surface area is 112 Å². The van der Waals surface area contributed by atoms with Gasteiger partial charge in [0.25, 0.3) is 0 Å². The number of aliphatic hydroxyl groups is 1. The van der Waals surface area contributed by atoms with Gasteiger partial charge in [0, 0.05) is 18.7 Å². The molecule has 1 aromatic carbocycles. The van der Waals surface area contributed by atoms with Crippen LogP contribution in [0.15, 0.2) is 18.2 Å². The molecule has 0 atom stereocenters. The highest BCUT2D eigenvalue weighted by Gasteiger charge is 2.17. The molecule has 0 spiro atoms. The van der Waals surface area contributed by atoms with Gasteiger partial charge in [0.2, 0.25) is 0 Å². The van der Waals surface area contributed by atoms with Gasteiger partial charge < -0.3 is 10.8 Å². The lowest BCUT2D eigenvalue weighted by Crippen LogP contribution is -2.36.